The standard InChI is InChI=1S/C18H18N2/c1-13-5-4-8-18(17(13)11-19)20-12-15-6-2-3-7-16(15)14-9-10-14/h2-8,14,20H,9-10,12H2,1H3. The molecule has 2 heteroatoms. The van der Waals surface area contributed by atoms with Crippen LogP contribution >= 0.6 is 0 Å². The number of hydrogen-bond acceptors (Lipinski definition) is 2. The van der Waals surface area contributed by atoms with Crippen molar-refractivity contribution in [1.82, 2.24) is 0 Å². The average Bonchev–Trinajstić information content (AvgIpc) is 3.30. The van der Waals surface area contributed by atoms with Crippen LogP contribution in [0.15, 0.2) is 42.5 Å². The summed E-state index contributed by atoms with van der Waals surface area (Å²) in [6.07, 6.45) is 2.62. The van der Waals surface area contributed by atoms with E-state index in [1.807, 2.05) is 25.1 Å². The van der Waals surface area contributed by atoms with Crippen molar-refractivity contribution in [2.75, 3.05) is 5.32 Å². The maximum atomic E-state index is 9.26. The second kappa shape index (κ2) is 5.38. The Morgan fingerprint density at radius 2 is 1.95 bits per heavy atom. The molecule has 0 unspecified atom stereocenters. The fraction of sp³-hybridized carbons (Fsp3) is 0.278. The van der Waals surface area contributed by atoms with E-state index in [0.717, 1.165) is 29.3 Å². The molecule has 2 aromatic rings. The minimum Gasteiger partial charge on any atom is -0.380 e. The molecule has 3 rings (SSSR count). The van der Waals surface area contributed by atoms with E-state index in [1.54, 1.807) is 0 Å². The lowest BCUT2D eigenvalue weighted by atomic mass is 10.0. The van der Waals surface area contributed by atoms with Crippen LogP contribution in [0.4, 0.5) is 5.69 Å². The van der Waals surface area contributed by atoms with Gasteiger partial charge in [0, 0.05) is 6.54 Å². The lowest BCUT2D eigenvalue weighted by Gasteiger charge is -2.13. The fourth-order valence-corrected chi connectivity index (χ4v) is 2.64. The lowest BCUT2D eigenvalue weighted by molar-refractivity contribution is 1.03. The van der Waals surface area contributed by atoms with Crippen molar-refractivity contribution < 1.29 is 0 Å². The molecular formula is C18H18N2. The predicted octanol–water partition coefficient (Wildman–Crippen LogP) is 4.36. The summed E-state index contributed by atoms with van der Waals surface area (Å²) in [7, 11) is 0. The van der Waals surface area contributed by atoms with Gasteiger partial charge in [-0.2, -0.15) is 5.26 Å². The zero-order valence-corrected chi connectivity index (χ0v) is 11.7. The molecule has 0 spiro atoms. The molecule has 0 saturated heterocycles. The van der Waals surface area contributed by atoms with E-state index in [2.05, 4.69) is 35.7 Å². The van der Waals surface area contributed by atoms with Crippen molar-refractivity contribution >= 4 is 5.69 Å². The molecule has 20 heavy (non-hydrogen) atoms. The number of benzene rings is 2. The highest BCUT2D eigenvalue weighted by molar-refractivity contribution is 5.60. The molecule has 1 aliphatic rings. The van der Waals surface area contributed by atoms with Gasteiger partial charge in [0.05, 0.1) is 11.3 Å². The van der Waals surface area contributed by atoms with Gasteiger partial charge in [-0.05, 0) is 48.4 Å². The van der Waals surface area contributed by atoms with E-state index >= 15 is 0 Å². The van der Waals surface area contributed by atoms with Crippen LogP contribution in [0.1, 0.15) is 41.0 Å². The maximum absolute atomic E-state index is 9.26. The van der Waals surface area contributed by atoms with Crippen LogP contribution < -0.4 is 5.32 Å². The van der Waals surface area contributed by atoms with Crippen LogP contribution in [-0.4, -0.2) is 0 Å². The van der Waals surface area contributed by atoms with Crippen molar-refractivity contribution in [2.45, 2.75) is 32.2 Å². The first kappa shape index (κ1) is 12.7. The SMILES string of the molecule is Cc1cccc(NCc2ccccc2C2CC2)c1C#N. The summed E-state index contributed by atoms with van der Waals surface area (Å²) in [6, 6.07) is 16.8. The molecule has 0 bridgehead atoms. The molecule has 1 saturated carbocycles. The molecule has 2 aromatic carbocycles. The number of nitriles is 1. The van der Waals surface area contributed by atoms with Gasteiger partial charge in [0.1, 0.15) is 6.07 Å². The Labute approximate surface area is 120 Å². The Morgan fingerprint density at radius 1 is 1.15 bits per heavy atom. The zero-order chi connectivity index (χ0) is 13.9. The van der Waals surface area contributed by atoms with Crippen molar-refractivity contribution in [3.8, 4) is 6.07 Å². The topological polar surface area (TPSA) is 35.8 Å². The molecule has 0 aromatic heterocycles. The summed E-state index contributed by atoms with van der Waals surface area (Å²) in [5.41, 5.74) is 5.51. The number of anilines is 1. The lowest BCUT2D eigenvalue weighted by Crippen LogP contribution is -2.04. The Morgan fingerprint density at radius 3 is 2.70 bits per heavy atom. The number of rotatable bonds is 4. The first-order valence-electron chi connectivity index (χ1n) is 7.11. The molecule has 100 valence electrons. The molecule has 0 radical (unpaired) electrons. The summed E-state index contributed by atoms with van der Waals surface area (Å²) >= 11 is 0. The van der Waals surface area contributed by atoms with Crippen molar-refractivity contribution in [3.63, 3.8) is 0 Å². The number of nitrogens with zero attached hydrogens (tertiary/aromatic N) is 1. The van der Waals surface area contributed by atoms with Gasteiger partial charge in [-0.1, -0.05) is 36.4 Å². The molecule has 2 nitrogen and oxygen atoms in total. The molecule has 0 amide bonds. The Hall–Kier alpha value is -2.27. The van der Waals surface area contributed by atoms with Gasteiger partial charge in [0.15, 0.2) is 0 Å². The van der Waals surface area contributed by atoms with Crippen LogP contribution in [-0.2, 0) is 6.54 Å². The Kier molecular flexibility index (Phi) is 3.43. The maximum Gasteiger partial charge on any atom is 0.102 e. The second-order valence-electron chi connectivity index (χ2n) is 5.44. The minimum absolute atomic E-state index is 0.747. The van der Waals surface area contributed by atoms with E-state index in [-0.39, 0.29) is 0 Å². The van der Waals surface area contributed by atoms with Crippen LogP contribution in [0.25, 0.3) is 0 Å². The highest BCUT2D eigenvalue weighted by Crippen LogP contribution is 2.41. The minimum atomic E-state index is 0.747. The fourth-order valence-electron chi connectivity index (χ4n) is 2.64. The summed E-state index contributed by atoms with van der Waals surface area (Å²) < 4.78 is 0. The Balaban J connectivity index is 1.81. The number of hydrogen-bond donors (Lipinski definition) is 1. The average molecular weight is 262 g/mol. The normalized spacial score (nSPS) is 13.8. The molecule has 1 N–H and O–H groups in total. The summed E-state index contributed by atoms with van der Waals surface area (Å²) in [5.74, 6) is 0.751. The third-order valence-electron chi connectivity index (χ3n) is 3.93. The van der Waals surface area contributed by atoms with Crippen LogP contribution in [0.2, 0.25) is 0 Å². The monoisotopic (exact) mass is 262 g/mol. The van der Waals surface area contributed by atoms with Gasteiger partial charge in [-0.3, -0.25) is 0 Å². The molecule has 1 fully saturated rings. The van der Waals surface area contributed by atoms with E-state index in [4.69, 9.17) is 0 Å². The van der Waals surface area contributed by atoms with Gasteiger partial charge < -0.3 is 5.32 Å². The molecule has 0 aliphatic heterocycles. The largest absolute Gasteiger partial charge is 0.380 e. The third kappa shape index (κ3) is 2.53. The van der Waals surface area contributed by atoms with E-state index in [0.29, 0.717) is 0 Å². The summed E-state index contributed by atoms with van der Waals surface area (Å²) in [4.78, 5) is 0. The van der Waals surface area contributed by atoms with Gasteiger partial charge in [0.2, 0.25) is 0 Å². The highest BCUT2D eigenvalue weighted by atomic mass is 14.9. The Bertz CT molecular complexity index is 663. The summed E-state index contributed by atoms with van der Waals surface area (Å²) in [5, 5.41) is 12.7. The summed E-state index contributed by atoms with van der Waals surface area (Å²) in [6.45, 7) is 2.76. The van der Waals surface area contributed by atoms with Gasteiger partial charge in [0.25, 0.3) is 0 Å². The number of nitrogens with one attached hydrogen (secondary N) is 1. The molecular weight excluding hydrogens is 244 g/mol. The first-order valence-corrected chi connectivity index (χ1v) is 7.11. The van der Waals surface area contributed by atoms with Gasteiger partial charge in [-0.25, -0.2) is 0 Å². The van der Waals surface area contributed by atoms with Gasteiger partial charge >= 0.3 is 0 Å². The first-order chi connectivity index (χ1) is 9.79. The van der Waals surface area contributed by atoms with Gasteiger partial charge in [-0.15, -0.1) is 0 Å². The van der Waals surface area contributed by atoms with E-state index < -0.39 is 0 Å². The van der Waals surface area contributed by atoms with Crippen molar-refractivity contribution in [3.05, 3.63) is 64.7 Å². The van der Waals surface area contributed by atoms with E-state index in [1.165, 1.54) is 24.0 Å². The third-order valence-corrected chi connectivity index (χ3v) is 3.93. The highest BCUT2D eigenvalue weighted by Gasteiger charge is 2.25. The quantitative estimate of drug-likeness (QED) is 0.888. The molecule has 1 aliphatic carbocycles. The predicted molar refractivity (Wildman–Crippen MR) is 81.6 cm³/mol. The van der Waals surface area contributed by atoms with E-state index in [9.17, 15) is 5.26 Å². The molecule has 0 heterocycles. The van der Waals surface area contributed by atoms with Crippen LogP contribution in [0.5, 0.6) is 0 Å². The molecule has 0 atom stereocenters. The van der Waals surface area contributed by atoms with Crippen LogP contribution in [0.3, 0.4) is 0 Å². The van der Waals surface area contributed by atoms with Crippen molar-refractivity contribution in [2.24, 2.45) is 0 Å². The van der Waals surface area contributed by atoms with Crippen molar-refractivity contribution in [1.29, 1.82) is 5.26 Å². The van der Waals surface area contributed by atoms with Crippen LogP contribution in [0, 0.1) is 18.3 Å². The zero-order valence-electron chi connectivity index (χ0n) is 11.7. The number of aryl methyl sites for hydroxylation is 1. The second-order valence-corrected chi connectivity index (χ2v) is 5.44. The smallest absolute Gasteiger partial charge is 0.102 e.